The van der Waals surface area contributed by atoms with Crippen LogP contribution in [0.5, 0.6) is 0 Å². The molecule has 9 atom stereocenters. The van der Waals surface area contributed by atoms with Crippen molar-refractivity contribution in [1.29, 1.82) is 0 Å². The van der Waals surface area contributed by atoms with Crippen molar-refractivity contribution in [3.63, 3.8) is 0 Å². The largest absolute Gasteiger partial charge is 0.394 e. The molecule has 0 bridgehead atoms. The molecule has 8 N–H and O–H groups in total. The Morgan fingerprint density at radius 2 is 1.74 bits per heavy atom. The number of benzene rings is 2. The molecule has 0 radical (unpaired) electrons. The van der Waals surface area contributed by atoms with Crippen LogP contribution in [0.25, 0.3) is 17.0 Å². The van der Waals surface area contributed by atoms with Crippen molar-refractivity contribution in [2.45, 2.75) is 67.0 Å². The highest BCUT2D eigenvalue weighted by Crippen LogP contribution is 2.36. The first-order chi connectivity index (χ1) is 22.1. The lowest BCUT2D eigenvalue weighted by Gasteiger charge is -2.46. The molecular formula is C29H36F2N6O8S. The van der Waals surface area contributed by atoms with Crippen LogP contribution < -0.4 is 11.0 Å². The van der Waals surface area contributed by atoms with Crippen LogP contribution in [0.3, 0.4) is 0 Å². The molecule has 0 aliphatic carbocycles. The van der Waals surface area contributed by atoms with E-state index in [4.69, 9.17) is 9.47 Å². The van der Waals surface area contributed by atoms with Crippen LogP contribution >= 0.6 is 11.8 Å². The summed E-state index contributed by atoms with van der Waals surface area (Å²) in [4.78, 5) is 0. The Bertz CT molecular complexity index is 1490. The first kappa shape index (κ1) is 34.1. The third-order valence-corrected chi connectivity index (χ3v) is 8.89. The van der Waals surface area contributed by atoms with Gasteiger partial charge in [-0.3, -0.25) is 5.01 Å². The normalized spacial score (nSPS) is 25.9. The number of aromatic nitrogens is 3. The molecule has 3 heterocycles. The zero-order valence-corrected chi connectivity index (χ0v) is 25.4. The molecule has 0 spiro atoms. The van der Waals surface area contributed by atoms with Crippen molar-refractivity contribution >= 4 is 17.5 Å². The van der Waals surface area contributed by atoms with Gasteiger partial charge in [0.15, 0.2) is 0 Å². The van der Waals surface area contributed by atoms with Crippen LogP contribution in [0.1, 0.15) is 12.5 Å². The van der Waals surface area contributed by atoms with Gasteiger partial charge in [-0.25, -0.2) is 13.5 Å². The Balaban J connectivity index is 1.36. The lowest BCUT2D eigenvalue weighted by atomic mass is 9.97. The number of halogens is 2. The Hall–Kier alpha value is -3.23. The molecule has 2 aliphatic rings. The number of aliphatic hydroxyl groups excluding tert-OH is 6. The van der Waals surface area contributed by atoms with Crippen LogP contribution in [0.15, 0.2) is 60.9 Å². The smallest absolute Gasteiger partial charge is 0.134 e. The predicted octanol–water partition coefficient (Wildman–Crippen LogP) is -0.467. The Kier molecular flexibility index (Phi) is 11.2. The number of thioether (sulfide) groups is 1. The highest BCUT2D eigenvalue weighted by Gasteiger charge is 2.49. The topological polar surface area (TPSA) is 198 Å². The molecule has 17 heteroatoms. The zero-order chi connectivity index (χ0) is 33.0. The van der Waals surface area contributed by atoms with Crippen LogP contribution in [0.2, 0.25) is 0 Å². The number of aliphatic hydroxyl groups is 6. The van der Waals surface area contributed by atoms with E-state index in [1.165, 1.54) is 65.4 Å². The second kappa shape index (κ2) is 15.1. The first-order valence-electron chi connectivity index (χ1n) is 14.4. The van der Waals surface area contributed by atoms with Crippen molar-refractivity contribution < 1.29 is 48.9 Å². The molecule has 14 nitrogen and oxygen atoms in total. The fourth-order valence-electron chi connectivity index (χ4n) is 5.07. The van der Waals surface area contributed by atoms with Crippen LogP contribution in [-0.2, 0) is 16.0 Å². The monoisotopic (exact) mass is 666 g/mol. The van der Waals surface area contributed by atoms with E-state index in [2.05, 4.69) is 21.3 Å². The summed E-state index contributed by atoms with van der Waals surface area (Å²) >= 11 is 0.805. The molecule has 3 aromatic rings. The zero-order valence-electron chi connectivity index (χ0n) is 24.5. The molecule has 250 valence electrons. The third kappa shape index (κ3) is 7.83. The van der Waals surface area contributed by atoms with E-state index in [1.54, 1.807) is 12.1 Å². The van der Waals surface area contributed by atoms with Gasteiger partial charge in [-0.05, 0) is 31.2 Å². The molecule has 1 fully saturated rings. The quantitative estimate of drug-likeness (QED) is 0.109. The molecule has 46 heavy (non-hydrogen) atoms. The Labute approximate surface area is 266 Å². The second-order valence-electron chi connectivity index (χ2n) is 10.9. The van der Waals surface area contributed by atoms with Gasteiger partial charge >= 0.3 is 0 Å². The second-order valence-corrected chi connectivity index (χ2v) is 12.1. The number of ether oxygens (including phenoxy) is 2. The predicted molar refractivity (Wildman–Crippen MR) is 160 cm³/mol. The van der Waals surface area contributed by atoms with Crippen LogP contribution in [-0.4, -0.2) is 117 Å². The highest BCUT2D eigenvalue weighted by molar-refractivity contribution is 8.00. The summed E-state index contributed by atoms with van der Waals surface area (Å²) in [6.45, 7) is -0.0217. The number of rotatable bonds is 13. The van der Waals surface area contributed by atoms with Gasteiger partial charge in [-0.2, -0.15) is 0 Å². The minimum Gasteiger partial charge on any atom is -0.394 e. The molecule has 0 amide bonds. The van der Waals surface area contributed by atoms with E-state index in [1.807, 2.05) is 0 Å². The maximum atomic E-state index is 13.8. The molecule has 5 unspecified atom stereocenters. The minimum atomic E-state index is -1.47. The van der Waals surface area contributed by atoms with Crippen molar-refractivity contribution in [3.8, 4) is 11.3 Å². The van der Waals surface area contributed by atoms with E-state index >= 15 is 0 Å². The average Bonchev–Trinajstić information content (AvgIpc) is 3.71. The van der Waals surface area contributed by atoms with Gasteiger partial charge in [0.1, 0.15) is 64.8 Å². The first-order valence-corrected chi connectivity index (χ1v) is 15.4. The van der Waals surface area contributed by atoms with Crippen molar-refractivity contribution in [3.05, 3.63) is 78.1 Å². The summed E-state index contributed by atoms with van der Waals surface area (Å²) in [6, 6.07) is 10.4. The van der Waals surface area contributed by atoms with E-state index in [-0.39, 0.29) is 6.54 Å². The van der Waals surface area contributed by atoms with E-state index in [0.29, 0.717) is 22.5 Å². The van der Waals surface area contributed by atoms with Crippen molar-refractivity contribution in [2.75, 3.05) is 13.2 Å². The molecular weight excluding hydrogens is 630 g/mol. The summed E-state index contributed by atoms with van der Waals surface area (Å²) in [7, 11) is 0. The molecule has 1 aromatic heterocycles. The highest BCUT2D eigenvalue weighted by atomic mass is 32.2. The maximum Gasteiger partial charge on any atom is 0.134 e. The molecule has 5 rings (SSSR count). The minimum absolute atomic E-state index is 0.201. The number of hydrogen-bond acceptors (Lipinski definition) is 14. The lowest BCUT2D eigenvalue weighted by molar-refractivity contribution is -0.190. The summed E-state index contributed by atoms with van der Waals surface area (Å²) in [5, 5.41) is 73.2. The van der Waals surface area contributed by atoms with E-state index in [0.717, 1.165) is 11.8 Å². The van der Waals surface area contributed by atoms with Gasteiger partial charge in [0.05, 0.1) is 37.8 Å². The van der Waals surface area contributed by atoms with E-state index < -0.39 is 78.4 Å². The number of nitrogens with one attached hydrogen (secondary N) is 2. The van der Waals surface area contributed by atoms with Crippen LogP contribution in [0, 0.1) is 11.6 Å². The summed E-state index contributed by atoms with van der Waals surface area (Å²) < 4.78 is 40.6. The van der Waals surface area contributed by atoms with Crippen molar-refractivity contribution in [2.24, 2.45) is 0 Å². The van der Waals surface area contributed by atoms with Gasteiger partial charge in [0, 0.05) is 17.3 Å². The molecule has 2 aromatic carbocycles. The maximum absolute atomic E-state index is 13.8. The van der Waals surface area contributed by atoms with Gasteiger partial charge in [0.25, 0.3) is 0 Å². The van der Waals surface area contributed by atoms with E-state index in [9.17, 15) is 39.4 Å². The SMILES string of the molecule is C[C@@H](O)C(CO)OC(S[C@@H]1O[C@H](CO)C(O)C(N2C=C(c3cccc(F)c3)NN2)C1O)[C@@H](O)Cn1cc(-c2cccc(F)c2)nn1. The third-order valence-electron chi connectivity index (χ3n) is 7.54. The Morgan fingerprint density at radius 3 is 2.39 bits per heavy atom. The van der Waals surface area contributed by atoms with Crippen LogP contribution in [0.4, 0.5) is 8.78 Å². The molecule has 2 aliphatic heterocycles. The summed E-state index contributed by atoms with van der Waals surface area (Å²) in [6.07, 6.45) is -4.71. The fourth-order valence-corrected chi connectivity index (χ4v) is 6.34. The van der Waals surface area contributed by atoms with Crippen molar-refractivity contribution in [1.82, 2.24) is 31.0 Å². The fraction of sp³-hybridized carbons (Fsp3) is 0.448. The summed E-state index contributed by atoms with van der Waals surface area (Å²) in [5.41, 5.74) is 4.96. The number of nitrogens with zero attached hydrogens (tertiary/aromatic N) is 4. The van der Waals surface area contributed by atoms with Gasteiger partial charge in [0.2, 0.25) is 0 Å². The standard InChI is InChI=1S/C29H36F2N6O8S/c1-15(40)23(13-38)44-28(22(41)12-36-10-20(32-34-36)16-4-2-6-18(30)8-16)46-29-27(43)25(26(42)24(14-39)45-29)37-11-21(33-35-37)17-5-3-7-19(31)9-17/h2-11,15,22-29,33,35,38-43H,12-14H2,1H3/t15-,22+,23?,24-,25?,26?,27?,28?,29+/m1/s1. The number of hydrogen-bond donors (Lipinski definition) is 8. The summed E-state index contributed by atoms with van der Waals surface area (Å²) in [5.74, 6) is -0.915. The van der Waals surface area contributed by atoms with Gasteiger partial charge in [-0.15, -0.1) is 10.6 Å². The van der Waals surface area contributed by atoms with Gasteiger partial charge in [-0.1, -0.05) is 41.2 Å². The molecule has 1 saturated heterocycles. The van der Waals surface area contributed by atoms with Gasteiger partial charge < -0.3 is 45.5 Å². The Morgan fingerprint density at radius 1 is 1.04 bits per heavy atom. The number of hydrazine groups is 2. The average molecular weight is 667 g/mol. The molecule has 0 saturated carbocycles. The lowest BCUT2D eigenvalue weighted by Crippen LogP contribution is -2.65.